The molecule has 0 aromatic heterocycles. The number of guanidine groups is 1. The topological polar surface area (TPSA) is 372 Å². The molecule has 2 saturated heterocycles. The number of esters is 1. The minimum absolute atomic E-state index is 0.0364. The van der Waals surface area contributed by atoms with Gasteiger partial charge in [-0.25, -0.2) is 8.98 Å². The molecule has 2 heterocycles. The second kappa shape index (κ2) is 23.9. The van der Waals surface area contributed by atoms with E-state index in [0.29, 0.717) is 11.1 Å². The van der Waals surface area contributed by atoms with Crippen molar-refractivity contribution in [3.8, 4) is 5.75 Å². The molecule has 2 aromatic carbocycles. The first kappa shape index (κ1) is 53.2. The molecule has 6 amide bonds. The largest absolute Gasteiger partial charge is 0.508 e. The van der Waals surface area contributed by atoms with Gasteiger partial charge in [0.05, 0.1) is 0 Å². The Balaban J connectivity index is 1.87. The summed E-state index contributed by atoms with van der Waals surface area (Å²) in [6.07, 6.45) is -6.33. The van der Waals surface area contributed by atoms with E-state index in [2.05, 4.69) is 30.4 Å². The molecule has 0 radical (unpaired) electrons. The van der Waals surface area contributed by atoms with E-state index in [1.54, 1.807) is 44.2 Å². The fourth-order valence-electron chi connectivity index (χ4n) is 7.44. The first-order valence-electron chi connectivity index (χ1n) is 21.3. The molecule has 2 bridgehead atoms. The summed E-state index contributed by atoms with van der Waals surface area (Å²) in [5.74, 6) is -8.40. The maximum Gasteiger partial charge on any atom is 0.397 e. The van der Waals surface area contributed by atoms with Gasteiger partial charge in [-0.3, -0.25) is 38.3 Å². The normalized spacial score (nSPS) is 25.4. The Morgan fingerprint density at radius 2 is 1.54 bits per heavy atom. The lowest BCUT2D eigenvalue weighted by Crippen LogP contribution is -2.65. The van der Waals surface area contributed by atoms with Gasteiger partial charge < -0.3 is 62.6 Å². The summed E-state index contributed by atoms with van der Waals surface area (Å²) in [5.41, 5.74) is 12.0. The van der Waals surface area contributed by atoms with Crippen molar-refractivity contribution in [3.63, 3.8) is 0 Å². The van der Waals surface area contributed by atoms with E-state index in [1.807, 2.05) is 0 Å². The van der Waals surface area contributed by atoms with Crippen LogP contribution in [0.2, 0.25) is 0 Å². The number of hydrogen-bond acceptors (Lipinski definition) is 15. The van der Waals surface area contributed by atoms with Crippen LogP contribution in [-0.2, 0) is 65.7 Å². The van der Waals surface area contributed by atoms with Gasteiger partial charge in [-0.2, -0.15) is 8.42 Å². The number of fused-ring (bicyclic) bond motifs is 2. The Labute approximate surface area is 386 Å². The quantitative estimate of drug-likeness (QED) is 0.0298. The standard InChI is InChI=1S/C42H59N9O15S/c1-22(2)33-41(61)66-23(3)34(49-37(57)31(53)21-65-67(62,63)64)38(58)46-27(11-8-18-45-42(43)44)35(55)47-28-16-17-32(54)51(39(28)59)30(20-24-9-6-5-7-10-24)40(60)50(4)29(36(56)48-33)19-25-12-14-26(52)15-13-25/h5-7,9-10,12-15,22-23,27-34,52-54H,8,11,16-21H2,1-4H3,(H,46,58)(H,47,55)(H,48,56)(H,49,57)(H4,43,44,45)(H,62,63,64)/t23-,27?,28?,29?,30?,31?,32?,33?,34+/m1/s1. The molecule has 67 heavy (non-hydrogen) atoms. The van der Waals surface area contributed by atoms with Crippen LogP contribution in [-0.4, -0.2) is 160 Å². The summed E-state index contributed by atoms with van der Waals surface area (Å²) in [6, 6.07) is 4.98. The lowest BCUT2D eigenvalue weighted by molar-refractivity contribution is -0.165. The predicted octanol–water partition coefficient (Wildman–Crippen LogP) is -2.91. The number of aromatic hydroxyl groups is 1. The number of aliphatic hydroxyl groups is 2. The summed E-state index contributed by atoms with van der Waals surface area (Å²) in [5, 5.41) is 41.7. The number of piperidine rings is 1. The Kier molecular flexibility index (Phi) is 18.9. The van der Waals surface area contributed by atoms with Crippen molar-refractivity contribution in [1.82, 2.24) is 31.1 Å². The summed E-state index contributed by atoms with van der Waals surface area (Å²) in [7, 11) is -3.82. The highest BCUT2D eigenvalue weighted by Crippen LogP contribution is 2.25. The van der Waals surface area contributed by atoms with E-state index in [4.69, 9.17) is 20.8 Å². The predicted molar refractivity (Wildman–Crippen MR) is 236 cm³/mol. The highest BCUT2D eigenvalue weighted by molar-refractivity contribution is 7.80. The number of nitrogens with two attached hydrogens (primary N) is 2. The molecular weight excluding hydrogens is 903 g/mol. The molecule has 0 spiro atoms. The van der Waals surface area contributed by atoms with Crippen LogP contribution in [0.1, 0.15) is 57.6 Å². The van der Waals surface area contributed by atoms with Gasteiger partial charge in [-0.05, 0) is 61.8 Å². The van der Waals surface area contributed by atoms with Crippen molar-refractivity contribution in [2.75, 3.05) is 20.2 Å². The zero-order valence-corrected chi connectivity index (χ0v) is 38.1. The second-order valence-electron chi connectivity index (χ2n) is 16.5. The summed E-state index contributed by atoms with van der Waals surface area (Å²) in [6.45, 7) is 2.92. The molecule has 9 atom stereocenters. The molecule has 2 aliphatic heterocycles. The number of aliphatic imine (C=N–C) groups is 1. The maximum atomic E-state index is 15.0. The number of carbonyl (C=O) groups excluding carboxylic acids is 7. The van der Waals surface area contributed by atoms with Gasteiger partial charge in [0.15, 0.2) is 12.1 Å². The van der Waals surface area contributed by atoms with Gasteiger partial charge >= 0.3 is 16.4 Å². The molecule has 2 aliphatic rings. The van der Waals surface area contributed by atoms with Crippen molar-refractivity contribution in [2.45, 2.75) is 114 Å². The number of ether oxygens (including phenoxy) is 1. The lowest BCUT2D eigenvalue weighted by Gasteiger charge is -2.43. The summed E-state index contributed by atoms with van der Waals surface area (Å²) < 4.78 is 41.0. The van der Waals surface area contributed by atoms with Gasteiger partial charge in [0, 0.05) is 26.4 Å². The second-order valence-corrected chi connectivity index (χ2v) is 17.6. The number of hydrogen-bond donors (Lipinski definition) is 10. The van der Waals surface area contributed by atoms with E-state index in [1.165, 1.54) is 31.3 Å². The zero-order chi connectivity index (χ0) is 49.7. The van der Waals surface area contributed by atoms with Gasteiger partial charge in [-0.1, -0.05) is 56.3 Å². The Hall–Kier alpha value is -6.41. The highest BCUT2D eigenvalue weighted by atomic mass is 32.3. The number of likely N-dealkylation sites (N-methyl/N-ethyl adjacent to an activating group) is 1. The van der Waals surface area contributed by atoms with Gasteiger partial charge in [0.1, 0.15) is 60.9 Å². The molecule has 4 rings (SSSR count). The molecule has 0 aliphatic carbocycles. The fraction of sp³-hybridized carbons (Fsp3) is 0.524. The van der Waals surface area contributed by atoms with Crippen LogP contribution in [0.3, 0.4) is 0 Å². The van der Waals surface area contributed by atoms with Crippen molar-refractivity contribution < 1.29 is 70.8 Å². The number of rotatable bonds is 14. The fourth-order valence-corrected chi connectivity index (χ4v) is 7.74. The number of phenolic OH excluding ortho intramolecular Hbond substituents is 1. The molecule has 2 aromatic rings. The zero-order valence-electron chi connectivity index (χ0n) is 37.3. The molecule has 2 fully saturated rings. The number of phenols is 1. The molecule has 25 heteroatoms. The van der Waals surface area contributed by atoms with Crippen LogP contribution >= 0.6 is 0 Å². The molecular formula is C42H59N9O15S. The number of carbonyl (C=O) groups is 7. The first-order chi connectivity index (χ1) is 31.5. The molecule has 24 nitrogen and oxygen atoms in total. The number of nitrogens with one attached hydrogen (secondary N) is 4. The lowest BCUT2D eigenvalue weighted by atomic mass is 9.95. The smallest absolute Gasteiger partial charge is 0.397 e. The average molecular weight is 962 g/mol. The van der Waals surface area contributed by atoms with Crippen molar-refractivity contribution in [2.24, 2.45) is 22.4 Å². The molecule has 368 valence electrons. The van der Waals surface area contributed by atoms with Crippen LogP contribution in [0, 0.1) is 5.92 Å². The molecule has 0 saturated carbocycles. The summed E-state index contributed by atoms with van der Waals surface area (Å²) in [4.78, 5) is 106. The van der Waals surface area contributed by atoms with Crippen LogP contribution < -0.4 is 32.7 Å². The number of nitrogens with zero attached hydrogens (tertiary/aromatic N) is 3. The van der Waals surface area contributed by atoms with E-state index >= 15 is 0 Å². The third-order valence-corrected chi connectivity index (χ3v) is 11.5. The van der Waals surface area contributed by atoms with E-state index in [-0.39, 0.29) is 56.8 Å². The van der Waals surface area contributed by atoms with Crippen LogP contribution in [0.4, 0.5) is 0 Å². The minimum atomic E-state index is -5.14. The highest BCUT2D eigenvalue weighted by Gasteiger charge is 2.46. The number of benzene rings is 2. The first-order valence-corrected chi connectivity index (χ1v) is 22.7. The van der Waals surface area contributed by atoms with Crippen molar-refractivity contribution >= 4 is 57.8 Å². The SMILES string of the molecule is CC(C)C1NC(=O)C(Cc2ccc(O)cc2)N(C)C(=O)C(Cc2ccccc2)N2C(=O)C(CCC2O)NC(=O)C(CCCN=C(N)N)NC(=O)[C@@H](NC(=O)C(O)COS(=O)(=O)O)[C@@H](C)OC1=O. The van der Waals surface area contributed by atoms with Crippen molar-refractivity contribution in [1.29, 1.82) is 0 Å². The van der Waals surface area contributed by atoms with Crippen molar-refractivity contribution in [3.05, 3.63) is 65.7 Å². The third kappa shape index (κ3) is 15.3. The van der Waals surface area contributed by atoms with E-state index in [9.17, 15) is 57.3 Å². The van der Waals surface area contributed by atoms with Gasteiger partial charge in [-0.15, -0.1) is 0 Å². The van der Waals surface area contributed by atoms with Gasteiger partial charge in [0.25, 0.3) is 5.91 Å². The minimum Gasteiger partial charge on any atom is -0.508 e. The van der Waals surface area contributed by atoms with E-state index in [0.717, 1.165) is 16.7 Å². The van der Waals surface area contributed by atoms with E-state index < -0.39 is 119 Å². The van der Waals surface area contributed by atoms with Crippen LogP contribution in [0.25, 0.3) is 0 Å². The van der Waals surface area contributed by atoms with Gasteiger partial charge in [0.2, 0.25) is 29.5 Å². The summed E-state index contributed by atoms with van der Waals surface area (Å²) >= 11 is 0. The Morgan fingerprint density at radius 1 is 0.910 bits per heavy atom. The van der Waals surface area contributed by atoms with Crippen LogP contribution in [0.5, 0.6) is 5.75 Å². The monoisotopic (exact) mass is 961 g/mol. The number of amides is 6. The Bertz CT molecular complexity index is 2230. The number of aliphatic hydroxyl groups excluding tert-OH is 2. The Morgan fingerprint density at radius 3 is 2.15 bits per heavy atom. The maximum absolute atomic E-state index is 15.0. The third-order valence-electron chi connectivity index (χ3n) is 11.1. The van der Waals surface area contributed by atoms with Crippen LogP contribution in [0.15, 0.2) is 59.6 Å². The molecule has 7 unspecified atom stereocenters. The average Bonchev–Trinajstić information content (AvgIpc) is 3.26. The number of cyclic esters (lactones) is 1. The molecule has 12 N–H and O–H groups in total.